The molecular weight excluding hydrogens is 312 g/mol. The van der Waals surface area contributed by atoms with Crippen molar-refractivity contribution in [3.63, 3.8) is 0 Å². The highest BCUT2D eigenvalue weighted by atomic mass is 19.3. The molecule has 23 heavy (non-hydrogen) atoms. The molecular formula is C15H17F2NO5. The van der Waals surface area contributed by atoms with E-state index in [1.165, 1.54) is 6.07 Å². The van der Waals surface area contributed by atoms with Gasteiger partial charge in [-0.1, -0.05) is 18.2 Å². The Morgan fingerprint density at radius 1 is 1.30 bits per heavy atom. The summed E-state index contributed by atoms with van der Waals surface area (Å²) in [5.74, 6) is -1.61. The van der Waals surface area contributed by atoms with Crippen LogP contribution in [0.1, 0.15) is 31.4 Å². The van der Waals surface area contributed by atoms with E-state index in [0.717, 1.165) is 0 Å². The van der Waals surface area contributed by atoms with Gasteiger partial charge in [0.2, 0.25) is 5.91 Å². The zero-order valence-electron chi connectivity index (χ0n) is 12.4. The van der Waals surface area contributed by atoms with E-state index in [0.29, 0.717) is 12.0 Å². The van der Waals surface area contributed by atoms with Crippen LogP contribution >= 0.6 is 0 Å². The quantitative estimate of drug-likeness (QED) is 0.835. The van der Waals surface area contributed by atoms with Gasteiger partial charge in [-0.2, -0.15) is 8.78 Å². The van der Waals surface area contributed by atoms with E-state index in [1.807, 2.05) is 0 Å². The molecule has 2 rings (SSSR count). The summed E-state index contributed by atoms with van der Waals surface area (Å²) in [6, 6.07) is 5.55. The molecule has 1 saturated heterocycles. The number of rotatable bonds is 6. The Bertz CT molecular complexity index is 581. The summed E-state index contributed by atoms with van der Waals surface area (Å²) in [6.45, 7) is -1.34. The van der Waals surface area contributed by atoms with Gasteiger partial charge in [0.25, 0.3) is 0 Å². The van der Waals surface area contributed by atoms with Crippen molar-refractivity contribution in [1.82, 2.24) is 5.32 Å². The van der Waals surface area contributed by atoms with Crippen LogP contribution in [0.4, 0.5) is 8.78 Å². The second-order valence-electron chi connectivity index (χ2n) is 5.18. The Hall–Kier alpha value is -2.22. The van der Waals surface area contributed by atoms with Crippen LogP contribution in [0.25, 0.3) is 0 Å². The van der Waals surface area contributed by atoms with E-state index in [4.69, 9.17) is 9.84 Å². The van der Waals surface area contributed by atoms with Gasteiger partial charge in [0.15, 0.2) is 6.10 Å². The number of alkyl halides is 2. The summed E-state index contributed by atoms with van der Waals surface area (Å²) in [4.78, 5) is 22.9. The summed E-state index contributed by atoms with van der Waals surface area (Å²) in [6.07, 6.45) is -1.30. The van der Waals surface area contributed by atoms with Gasteiger partial charge < -0.3 is 19.9 Å². The summed E-state index contributed by atoms with van der Waals surface area (Å²) in [5.41, 5.74) is 0.397. The summed E-state index contributed by atoms with van der Waals surface area (Å²) in [7, 11) is 0. The zero-order valence-corrected chi connectivity index (χ0v) is 12.4. The number of carboxylic acid groups (broad SMARTS) is 1. The van der Waals surface area contributed by atoms with Crippen LogP contribution in [0.5, 0.6) is 5.75 Å². The number of carboxylic acids is 1. The van der Waals surface area contributed by atoms with Crippen molar-refractivity contribution in [1.29, 1.82) is 0 Å². The first kappa shape index (κ1) is 17.1. The summed E-state index contributed by atoms with van der Waals surface area (Å²) in [5, 5.41) is 11.5. The van der Waals surface area contributed by atoms with Gasteiger partial charge in [-0.15, -0.1) is 0 Å². The van der Waals surface area contributed by atoms with Gasteiger partial charge in [-0.05, 0) is 25.8 Å². The molecule has 0 spiro atoms. The Labute approximate surface area is 131 Å². The first-order chi connectivity index (χ1) is 10.9. The largest absolute Gasteiger partial charge is 0.479 e. The van der Waals surface area contributed by atoms with Gasteiger partial charge in [0.1, 0.15) is 11.9 Å². The number of nitrogens with one attached hydrogen (secondary N) is 1. The van der Waals surface area contributed by atoms with E-state index in [9.17, 15) is 18.4 Å². The van der Waals surface area contributed by atoms with Crippen molar-refractivity contribution in [2.75, 3.05) is 0 Å². The Morgan fingerprint density at radius 2 is 1.96 bits per heavy atom. The minimum atomic E-state index is -2.96. The number of carbonyl (C=O) groups excluding carboxylic acids is 1. The SMILES string of the molecule is CC(NC(=O)[C@@H]1CC[C@H](C(=O)O)O1)c1ccccc1OC(F)F. The smallest absolute Gasteiger partial charge is 0.387 e. The maximum atomic E-state index is 12.4. The van der Waals surface area contributed by atoms with Gasteiger partial charge in [-0.3, -0.25) is 4.79 Å². The van der Waals surface area contributed by atoms with Gasteiger partial charge >= 0.3 is 12.6 Å². The van der Waals surface area contributed by atoms with Gasteiger partial charge in [0.05, 0.1) is 6.04 Å². The molecule has 3 atom stereocenters. The molecule has 0 radical (unpaired) electrons. The minimum absolute atomic E-state index is 0.0222. The first-order valence-corrected chi connectivity index (χ1v) is 7.11. The number of para-hydroxylation sites is 1. The molecule has 1 amide bonds. The number of halogens is 2. The third-order valence-electron chi connectivity index (χ3n) is 3.55. The van der Waals surface area contributed by atoms with E-state index in [2.05, 4.69) is 10.1 Å². The molecule has 8 heteroatoms. The number of ether oxygens (including phenoxy) is 2. The number of amides is 1. The average molecular weight is 329 g/mol. The van der Waals surface area contributed by atoms with E-state index in [1.54, 1.807) is 25.1 Å². The fourth-order valence-electron chi connectivity index (χ4n) is 2.44. The molecule has 0 bridgehead atoms. The predicted molar refractivity (Wildman–Crippen MR) is 75.2 cm³/mol. The lowest BCUT2D eigenvalue weighted by atomic mass is 10.1. The Kier molecular flexibility index (Phi) is 5.49. The number of hydrogen-bond acceptors (Lipinski definition) is 4. The van der Waals surface area contributed by atoms with Crippen LogP contribution in [0.2, 0.25) is 0 Å². The highest BCUT2D eigenvalue weighted by Gasteiger charge is 2.35. The summed E-state index contributed by atoms with van der Waals surface area (Å²) < 4.78 is 34.4. The second kappa shape index (κ2) is 7.36. The topological polar surface area (TPSA) is 84.9 Å². The van der Waals surface area contributed by atoms with Crippen molar-refractivity contribution >= 4 is 11.9 Å². The normalized spacial score (nSPS) is 21.9. The zero-order chi connectivity index (χ0) is 17.0. The van der Waals surface area contributed by atoms with Crippen molar-refractivity contribution in [2.45, 2.75) is 44.6 Å². The second-order valence-corrected chi connectivity index (χ2v) is 5.18. The van der Waals surface area contributed by atoms with Crippen molar-refractivity contribution in [2.24, 2.45) is 0 Å². The maximum Gasteiger partial charge on any atom is 0.387 e. The van der Waals surface area contributed by atoms with E-state index < -0.39 is 36.7 Å². The van der Waals surface area contributed by atoms with E-state index in [-0.39, 0.29) is 12.2 Å². The molecule has 2 N–H and O–H groups in total. The fraction of sp³-hybridized carbons (Fsp3) is 0.467. The molecule has 1 aromatic rings. The molecule has 1 heterocycles. The molecule has 0 aliphatic carbocycles. The lowest BCUT2D eigenvalue weighted by Crippen LogP contribution is -2.37. The molecule has 1 unspecified atom stereocenters. The minimum Gasteiger partial charge on any atom is -0.479 e. The third-order valence-corrected chi connectivity index (χ3v) is 3.55. The van der Waals surface area contributed by atoms with Crippen molar-refractivity contribution < 1.29 is 33.0 Å². The lowest BCUT2D eigenvalue weighted by Gasteiger charge is -2.20. The molecule has 126 valence electrons. The number of benzene rings is 1. The maximum absolute atomic E-state index is 12.4. The van der Waals surface area contributed by atoms with Crippen LogP contribution in [-0.2, 0) is 14.3 Å². The highest BCUT2D eigenvalue weighted by Crippen LogP contribution is 2.27. The van der Waals surface area contributed by atoms with Gasteiger partial charge in [-0.25, -0.2) is 4.79 Å². The van der Waals surface area contributed by atoms with Crippen LogP contribution in [0, 0.1) is 0 Å². The average Bonchev–Trinajstić information content (AvgIpc) is 2.97. The van der Waals surface area contributed by atoms with Crippen LogP contribution in [-0.4, -0.2) is 35.8 Å². The third kappa shape index (κ3) is 4.38. The summed E-state index contributed by atoms with van der Waals surface area (Å²) >= 11 is 0. The molecule has 1 aliphatic heterocycles. The van der Waals surface area contributed by atoms with Crippen LogP contribution in [0.3, 0.4) is 0 Å². The van der Waals surface area contributed by atoms with Crippen molar-refractivity contribution in [3.8, 4) is 5.75 Å². The molecule has 1 aliphatic rings. The standard InChI is InChI=1S/C15H17F2NO5/c1-8(9-4-2-3-5-10(9)23-15(16)17)18-13(19)11-6-7-12(22-11)14(20)21/h2-5,8,11-12,15H,6-7H2,1H3,(H,18,19)(H,20,21)/t8?,11-,12+/m0/s1. The van der Waals surface area contributed by atoms with Gasteiger partial charge in [0, 0.05) is 5.56 Å². The number of carbonyl (C=O) groups is 2. The Morgan fingerprint density at radius 3 is 2.57 bits per heavy atom. The number of aliphatic carboxylic acids is 1. The van der Waals surface area contributed by atoms with Crippen LogP contribution in [0.15, 0.2) is 24.3 Å². The highest BCUT2D eigenvalue weighted by molar-refractivity contribution is 5.83. The number of hydrogen-bond donors (Lipinski definition) is 2. The monoisotopic (exact) mass is 329 g/mol. The molecule has 1 aromatic carbocycles. The van der Waals surface area contributed by atoms with E-state index >= 15 is 0 Å². The lowest BCUT2D eigenvalue weighted by molar-refractivity contribution is -0.151. The Balaban J connectivity index is 2.00. The first-order valence-electron chi connectivity index (χ1n) is 7.11. The molecule has 0 saturated carbocycles. The fourth-order valence-corrected chi connectivity index (χ4v) is 2.44. The molecule has 1 fully saturated rings. The van der Waals surface area contributed by atoms with Crippen molar-refractivity contribution in [3.05, 3.63) is 29.8 Å². The molecule has 6 nitrogen and oxygen atoms in total. The molecule has 0 aromatic heterocycles. The predicted octanol–water partition coefficient (Wildman–Crippen LogP) is 2.10. The van der Waals surface area contributed by atoms with Crippen LogP contribution < -0.4 is 10.1 Å².